The van der Waals surface area contributed by atoms with E-state index in [0.717, 1.165) is 44.6 Å². The zero-order valence-electron chi connectivity index (χ0n) is 11.9. The van der Waals surface area contributed by atoms with Crippen molar-refractivity contribution in [2.45, 2.75) is 38.5 Å². The summed E-state index contributed by atoms with van der Waals surface area (Å²) in [4.78, 5) is 22.5. The van der Waals surface area contributed by atoms with Gasteiger partial charge in [0.05, 0.1) is 0 Å². The Morgan fingerprint density at radius 1 is 1.30 bits per heavy atom. The number of aliphatic hydroxyl groups is 1. The summed E-state index contributed by atoms with van der Waals surface area (Å²) in [5.41, 5.74) is 0. The van der Waals surface area contributed by atoms with Crippen LogP contribution in [0.15, 0.2) is 18.5 Å². The molecule has 2 rings (SSSR count). The molecule has 1 N–H and O–H groups in total. The van der Waals surface area contributed by atoms with Gasteiger partial charge in [-0.3, -0.25) is 4.79 Å². The molecule has 0 saturated carbocycles. The number of nitrogens with zero attached hydrogens (tertiary/aromatic N) is 3. The monoisotopic (exact) mass is 277 g/mol. The molecule has 20 heavy (non-hydrogen) atoms. The molecule has 1 saturated heterocycles. The molecule has 1 aliphatic rings. The van der Waals surface area contributed by atoms with Gasteiger partial charge in [0.15, 0.2) is 0 Å². The van der Waals surface area contributed by atoms with E-state index in [0.29, 0.717) is 18.8 Å². The van der Waals surface area contributed by atoms with Gasteiger partial charge in [0.2, 0.25) is 5.91 Å². The van der Waals surface area contributed by atoms with Gasteiger partial charge in [-0.05, 0) is 37.7 Å². The number of rotatable bonds is 5. The van der Waals surface area contributed by atoms with E-state index < -0.39 is 0 Å². The van der Waals surface area contributed by atoms with Gasteiger partial charge in [-0.25, -0.2) is 9.97 Å². The summed E-state index contributed by atoms with van der Waals surface area (Å²) in [7, 11) is 0. The highest BCUT2D eigenvalue weighted by atomic mass is 16.3. The van der Waals surface area contributed by atoms with Crippen LogP contribution in [0.1, 0.15) is 37.9 Å². The molecule has 5 nitrogen and oxygen atoms in total. The predicted octanol–water partition coefficient (Wildman–Crippen LogP) is 1.42. The van der Waals surface area contributed by atoms with E-state index in [9.17, 15) is 4.79 Å². The fraction of sp³-hybridized carbons (Fsp3) is 0.667. The number of aryl methyl sites for hydroxylation is 1. The quantitative estimate of drug-likeness (QED) is 0.884. The zero-order chi connectivity index (χ0) is 14.2. The van der Waals surface area contributed by atoms with E-state index in [4.69, 9.17) is 5.11 Å². The van der Waals surface area contributed by atoms with Gasteiger partial charge in [-0.1, -0.05) is 0 Å². The Balaban J connectivity index is 1.77. The minimum Gasteiger partial charge on any atom is -0.396 e. The van der Waals surface area contributed by atoms with Crippen LogP contribution in [-0.2, 0) is 11.2 Å². The molecule has 2 heterocycles. The number of aromatic nitrogens is 2. The summed E-state index contributed by atoms with van der Waals surface area (Å²) in [6.07, 6.45) is 8.53. The van der Waals surface area contributed by atoms with Crippen LogP contribution in [0, 0.1) is 5.92 Å². The maximum Gasteiger partial charge on any atom is 0.223 e. The molecule has 1 unspecified atom stereocenters. The average Bonchev–Trinajstić information content (AvgIpc) is 2.72. The molecule has 0 aromatic carbocycles. The van der Waals surface area contributed by atoms with Crippen molar-refractivity contribution in [3.63, 3.8) is 0 Å². The number of amides is 1. The smallest absolute Gasteiger partial charge is 0.223 e. The maximum atomic E-state index is 12.2. The van der Waals surface area contributed by atoms with Crippen molar-refractivity contribution in [2.75, 3.05) is 19.7 Å². The second-order valence-electron chi connectivity index (χ2n) is 5.36. The molecular weight excluding hydrogens is 254 g/mol. The molecule has 1 atom stereocenters. The lowest BCUT2D eigenvalue weighted by atomic mass is 9.98. The third-order valence-electron chi connectivity index (χ3n) is 3.92. The van der Waals surface area contributed by atoms with Crippen molar-refractivity contribution in [1.82, 2.24) is 14.9 Å². The Morgan fingerprint density at radius 2 is 2.10 bits per heavy atom. The van der Waals surface area contributed by atoms with E-state index >= 15 is 0 Å². The van der Waals surface area contributed by atoms with Crippen LogP contribution in [0.25, 0.3) is 0 Å². The molecular formula is C15H23N3O2. The van der Waals surface area contributed by atoms with Crippen molar-refractivity contribution in [1.29, 1.82) is 0 Å². The highest BCUT2D eigenvalue weighted by Gasteiger charge is 2.20. The first-order chi connectivity index (χ1) is 9.79. The lowest BCUT2D eigenvalue weighted by Crippen LogP contribution is -2.32. The first-order valence-corrected chi connectivity index (χ1v) is 7.44. The van der Waals surface area contributed by atoms with Crippen LogP contribution in [0.5, 0.6) is 0 Å². The number of hydrogen-bond donors (Lipinski definition) is 1. The molecule has 0 bridgehead atoms. The van der Waals surface area contributed by atoms with Gasteiger partial charge in [0.1, 0.15) is 5.82 Å². The minimum atomic E-state index is 0.196. The highest BCUT2D eigenvalue weighted by molar-refractivity contribution is 5.76. The standard InChI is InChI=1S/C15H23N3O2/c19-12-7-13-3-1-10-18(11-6-13)15(20)5-4-14-16-8-2-9-17-14/h2,8-9,13,19H,1,3-7,10-12H2. The van der Waals surface area contributed by atoms with Crippen LogP contribution in [0.4, 0.5) is 0 Å². The van der Waals surface area contributed by atoms with E-state index in [2.05, 4.69) is 9.97 Å². The third kappa shape index (κ3) is 4.56. The van der Waals surface area contributed by atoms with Gasteiger partial charge in [-0.2, -0.15) is 0 Å². The topological polar surface area (TPSA) is 66.3 Å². The van der Waals surface area contributed by atoms with Crippen molar-refractivity contribution in [3.8, 4) is 0 Å². The Morgan fingerprint density at radius 3 is 2.85 bits per heavy atom. The predicted molar refractivity (Wildman–Crippen MR) is 76.0 cm³/mol. The second kappa shape index (κ2) is 7.94. The molecule has 1 aromatic rings. The summed E-state index contributed by atoms with van der Waals surface area (Å²) in [5, 5.41) is 9.00. The fourth-order valence-corrected chi connectivity index (χ4v) is 2.72. The number of aliphatic hydroxyl groups excluding tert-OH is 1. The van der Waals surface area contributed by atoms with Crippen LogP contribution in [0.2, 0.25) is 0 Å². The number of carbonyl (C=O) groups is 1. The van der Waals surface area contributed by atoms with Crippen molar-refractivity contribution >= 4 is 5.91 Å². The lowest BCUT2D eigenvalue weighted by Gasteiger charge is -2.20. The van der Waals surface area contributed by atoms with Crippen LogP contribution in [-0.4, -0.2) is 45.6 Å². The lowest BCUT2D eigenvalue weighted by molar-refractivity contribution is -0.131. The van der Waals surface area contributed by atoms with E-state index in [-0.39, 0.29) is 12.5 Å². The van der Waals surface area contributed by atoms with Crippen LogP contribution < -0.4 is 0 Å². The zero-order valence-corrected chi connectivity index (χ0v) is 11.9. The van der Waals surface area contributed by atoms with Gasteiger partial charge >= 0.3 is 0 Å². The minimum absolute atomic E-state index is 0.196. The van der Waals surface area contributed by atoms with E-state index in [1.165, 1.54) is 0 Å². The van der Waals surface area contributed by atoms with Crippen LogP contribution in [0.3, 0.4) is 0 Å². The molecule has 0 radical (unpaired) electrons. The molecule has 0 spiro atoms. The molecule has 1 amide bonds. The molecule has 1 fully saturated rings. The van der Waals surface area contributed by atoms with E-state index in [1.54, 1.807) is 18.5 Å². The fourth-order valence-electron chi connectivity index (χ4n) is 2.72. The SMILES string of the molecule is O=C(CCc1ncccn1)N1CCCC(CCO)CC1. The summed E-state index contributed by atoms with van der Waals surface area (Å²) in [6.45, 7) is 1.92. The Kier molecular flexibility index (Phi) is 5.92. The summed E-state index contributed by atoms with van der Waals surface area (Å²) in [5.74, 6) is 1.49. The largest absolute Gasteiger partial charge is 0.396 e. The molecule has 1 aromatic heterocycles. The summed E-state index contributed by atoms with van der Waals surface area (Å²) < 4.78 is 0. The Hall–Kier alpha value is -1.49. The molecule has 0 aliphatic carbocycles. The summed E-state index contributed by atoms with van der Waals surface area (Å²) in [6, 6.07) is 1.78. The first kappa shape index (κ1) is 14.9. The van der Waals surface area contributed by atoms with E-state index in [1.807, 2.05) is 4.90 Å². The number of likely N-dealkylation sites (tertiary alicyclic amines) is 1. The summed E-state index contributed by atoms with van der Waals surface area (Å²) >= 11 is 0. The average molecular weight is 277 g/mol. The van der Waals surface area contributed by atoms with Gasteiger partial charge in [0.25, 0.3) is 0 Å². The van der Waals surface area contributed by atoms with Crippen molar-refractivity contribution in [2.24, 2.45) is 5.92 Å². The first-order valence-electron chi connectivity index (χ1n) is 7.44. The molecule has 110 valence electrons. The number of hydrogen-bond acceptors (Lipinski definition) is 4. The van der Waals surface area contributed by atoms with Gasteiger partial charge < -0.3 is 10.0 Å². The molecule has 1 aliphatic heterocycles. The second-order valence-corrected chi connectivity index (χ2v) is 5.36. The normalized spacial score (nSPS) is 19.6. The Labute approximate surface area is 120 Å². The van der Waals surface area contributed by atoms with Crippen molar-refractivity contribution < 1.29 is 9.90 Å². The Bertz CT molecular complexity index is 411. The number of carbonyl (C=O) groups excluding carboxylic acids is 1. The van der Waals surface area contributed by atoms with Gasteiger partial charge in [0, 0.05) is 44.9 Å². The van der Waals surface area contributed by atoms with Crippen molar-refractivity contribution in [3.05, 3.63) is 24.3 Å². The third-order valence-corrected chi connectivity index (χ3v) is 3.92. The van der Waals surface area contributed by atoms with Crippen LogP contribution >= 0.6 is 0 Å². The highest BCUT2D eigenvalue weighted by Crippen LogP contribution is 2.20. The van der Waals surface area contributed by atoms with Gasteiger partial charge in [-0.15, -0.1) is 0 Å². The maximum absolute atomic E-state index is 12.2. The molecule has 5 heteroatoms.